The first kappa shape index (κ1) is 14.3. The van der Waals surface area contributed by atoms with Gasteiger partial charge in [0.05, 0.1) is 0 Å². The number of rotatable bonds is 5. The third-order valence-corrected chi connectivity index (χ3v) is 3.18. The van der Waals surface area contributed by atoms with E-state index in [-0.39, 0.29) is 0 Å². The molecular formula is C17H21NO2. The Labute approximate surface area is 120 Å². The van der Waals surface area contributed by atoms with E-state index < -0.39 is 0 Å². The maximum atomic E-state index is 5.77. The summed E-state index contributed by atoms with van der Waals surface area (Å²) < 4.78 is 11.4. The summed E-state index contributed by atoms with van der Waals surface area (Å²) in [6.07, 6.45) is 0. The Kier molecular flexibility index (Phi) is 4.51. The lowest BCUT2D eigenvalue weighted by Gasteiger charge is -2.11. The van der Waals surface area contributed by atoms with Crippen LogP contribution in [-0.2, 0) is 0 Å². The molecule has 2 aromatic carbocycles. The standard InChI is InChI=1S/C17H21NO2/c1-12-4-7-17(14(3)10-12)20-9-8-19-15-5-6-16(18)13(2)11-15/h4-7,10-11H,8-9,18H2,1-3H3. The molecular weight excluding hydrogens is 250 g/mol. The Bertz CT molecular complexity index is 594. The fraction of sp³-hybridized carbons (Fsp3) is 0.294. The van der Waals surface area contributed by atoms with E-state index in [1.54, 1.807) is 0 Å². The minimum atomic E-state index is 0.511. The molecule has 0 heterocycles. The number of hydrogen-bond donors (Lipinski definition) is 1. The van der Waals surface area contributed by atoms with Crippen molar-refractivity contribution in [3.05, 3.63) is 53.1 Å². The molecule has 0 spiro atoms. The number of benzene rings is 2. The number of aryl methyl sites for hydroxylation is 3. The van der Waals surface area contributed by atoms with Crippen LogP contribution in [0.3, 0.4) is 0 Å². The highest BCUT2D eigenvalue weighted by atomic mass is 16.5. The van der Waals surface area contributed by atoms with Gasteiger partial charge in [-0.1, -0.05) is 17.7 Å². The van der Waals surface area contributed by atoms with E-state index in [9.17, 15) is 0 Å². The second kappa shape index (κ2) is 6.33. The minimum absolute atomic E-state index is 0.511. The molecule has 0 saturated carbocycles. The van der Waals surface area contributed by atoms with Crippen LogP contribution in [0.5, 0.6) is 11.5 Å². The molecule has 2 aromatic rings. The van der Waals surface area contributed by atoms with Crippen molar-refractivity contribution in [3.63, 3.8) is 0 Å². The van der Waals surface area contributed by atoms with E-state index in [2.05, 4.69) is 13.0 Å². The van der Waals surface area contributed by atoms with Crippen molar-refractivity contribution in [3.8, 4) is 11.5 Å². The van der Waals surface area contributed by atoms with Gasteiger partial charge in [0.2, 0.25) is 0 Å². The third kappa shape index (κ3) is 3.67. The molecule has 0 atom stereocenters. The highest BCUT2D eigenvalue weighted by Gasteiger charge is 2.01. The van der Waals surface area contributed by atoms with Gasteiger partial charge in [0, 0.05) is 5.69 Å². The minimum Gasteiger partial charge on any atom is -0.490 e. The van der Waals surface area contributed by atoms with E-state index >= 15 is 0 Å². The molecule has 0 radical (unpaired) electrons. The van der Waals surface area contributed by atoms with Crippen molar-refractivity contribution in [1.29, 1.82) is 0 Å². The van der Waals surface area contributed by atoms with Crippen molar-refractivity contribution in [1.82, 2.24) is 0 Å². The van der Waals surface area contributed by atoms with Crippen LogP contribution in [0.1, 0.15) is 16.7 Å². The number of nitrogen functional groups attached to an aromatic ring is 1. The van der Waals surface area contributed by atoms with Crippen LogP contribution in [0.4, 0.5) is 5.69 Å². The first-order chi connectivity index (χ1) is 9.56. The molecule has 0 aliphatic carbocycles. The van der Waals surface area contributed by atoms with Crippen molar-refractivity contribution >= 4 is 5.69 Å². The third-order valence-electron chi connectivity index (χ3n) is 3.18. The lowest BCUT2D eigenvalue weighted by molar-refractivity contribution is 0.216. The zero-order chi connectivity index (χ0) is 14.5. The Morgan fingerprint density at radius 2 is 1.60 bits per heavy atom. The van der Waals surface area contributed by atoms with Crippen molar-refractivity contribution < 1.29 is 9.47 Å². The summed E-state index contributed by atoms with van der Waals surface area (Å²) >= 11 is 0. The summed E-state index contributed by atoms with van der Waals surface area (Å²) in [6, 6.07) is 11.8. The molecule has 0 amide bonds. The lowest BCUT2D eigenvalue weighted by atomic mass is 10.1. The summed E-state index contributed by atoms with van der Waals surface area (Å²) in [6.45, 7) is 7.12. The predicted octanol–water partition coefficient (Wildman–Crippen LogP) is 3.65. The molecule has 3 nitrogen and oxygen atoms in total. The van der Waals surface area contributed by atoms with Crippen LogP contribution >= 0.6 is 0 Å². The van der Waals surface area contributed by atoms with Gasteiger partial charge in [0.1, 0.15) is 24.7 Å². The van der Waals surface area contributed by atoms with Crippen LogP contribution in [-0.4, -0.2) is 13.2 Å². The topological polar surface area (TPSA) is 44.5 Å². The monoisotopic (exact) mass is 271 g/mol. The van der Waals surface area contributed by atoms with Crippen LogP contribution in [0.2, 0.25) is 0 Å². The summed E-state index contributed by atoms with van der Waals surface area (Å²) in [4.78, 5) is 0. The van der Waals surface area contributed by atoms with E-state index in [4.69, 9.17) is 15.2 Å². The van der Waals surface area contributed by atoms with Crippen LogP contribution < -0.4 is 15.2 Å². The molecule has 0 saturated heterocycles. The molecule has 0 aliphatic heterocycles. The van der Waals surface area contributed by atoms with Gasteiger partial charge in [0.15, 0.2) is 0 Å². The van der Waals surface area contributed by atoms with E-state index in [1.165, 1.54) is 5.56 Å². The Morgan fingerprint density at radius 1 is 0.850 bits per heavy atom. The Hall–Kier alpha value is -2.16. The van der Waals surface area contributed by atoms with Crippen LogP contribution in [0.15, 0.2) is 36.4 Å². The quantitative estimate of drug-likeness (QED) is 0.667. The first-order valence-electron chi connectivity index (χ1n) is 6.75. The first-order valence-corrected chi connectivity index (χ1v) is 6.75. The van der Waals surface area contributed by atoms with Crippen LogP contribution in [0.25, 0.3) is 0 Å². The normalized spacial score (nSPS) is 10.3. The second-order valence-electron chi connectivity index (χ2n) is 4.98. The van der Waals surface area contributed by atoms with Crippen molar-refractivity contribution in [2.45, 2.75) is 20.8 Å². The van der Waals surface area contributed by atoms with Gasteiger partial charge < -0.3 is 15.2 Å². The molecule has 0 unspecified atom stereocenters. The molecule has 2 N–H and O–H groups in total. The number of anilines is 1. The average molecular weight is 271 g/mol. The zero-order valence-corrected chi connectivity index (χ0v) is 12.3. The Balaban J connectivity index is 1.82. The molecule has 0 bridgehead atoms. The molecule has 3 heteroatoms. The maximum absolute atomic E-state index is 5.77. The van der Waals surface area contributed by atoms with Crippen LogP contribution in [0, 0.1) is 20.8 Å². The Morgan fingerprint density at radius 3 is 2.30 bits per heavy atom. The average Bonchev–Trinajstić information content (AvgIpc) is 2.40. The molecule has 0 aromatic heterocycles. The summed E-state index contributed by atoms with van der Waals surface area (Å²) in [5.41, 5.74) is 9.96. The maximum Gasteiger partial charge on any atom is 0.122 e. The number of hydrogen-bond acceptors (Lipinski definition) is 3. The molecule has 20 heavy (non-hydrogen) atoms. The molecule has 0 aliphatic rings. The predicted molar refractivity (Wildman–Crippen MR) is 82.5 cm³/mol. The zero-order valence-electron chi connectivity index (χ0n) is 12.3. The molecule has 0 fully saturated rings. The highest BCUT2D eigenvalue weighted by molar-refractivity contribution is 5.49. The highest BCUT2D eigenvalue weighted by Crippen LogP contribution is 2.20. The van der Waals surface area contributed by atoms with Gasteiger partial charge in [-0.25, -0.2) is 0 Å². The SMILES string of the molecule is Cc1ccc(OCCOc2ccc(N)c(C)c2)c(C)c1. The van der Waals surface area contributed by atoms with E-state index in [1.807, 2.05) is 44.2 Å². The van der Waals surface area contributed by atoms with Gasteiger partial charge in [0.25, 0.3) is 0 Å². The van der Waals surface area contributed by atoms with Gasteiger partial charge in [-0.15, -0.1) is 0 Å². The van der Waals surface area contributed by atoms with Crippen molar-refractivity contribution in [2.75, 3.05) is 18.9 Å². The summed E-state index contributed by atoms with van der Waals surface area (Å²) in [5.74, 6) is 1.73. The molecule has 106 valence electrons. The largest absolute Gasteiger partial charge is 0.490 e. The molecule has 2 rings (SSSR count). The fourth-order valence-electron chi connectivity index (χ4n) is 2.01. The van der Waals surface area contributed by atoms with Crippen molar-refractivity contribution in [2.24, 2.45) is 0 Å². The van der Waals surface area contributed by atoms with Gasteiger partial charge >= 0.3 is 0 Å². The van der Waals surface area contributed by atoms with E-state index in [0.29, 0.717) is 13.2 Å². The summed E-state index contributed by atoms with van der Waals surface area (Å²) in [5, 5.41) is 0. The van der Waals surface area contributed by atoms with Gasteiger partial charge in [-0.05, 0) is 56.2 Å². The fourth-order valence-corrected chi connectivity index (χ4v) is 2.01. The summed E-state index contributed by atoms with van der Waals surface area (Å²) in [7, 11) is 0. The van der Waals surface area contributed by atoms with Gasteiger partial charge in [-0.3, -0.25) is 0 Å². The lowest BCUT2D eigenvalue weighted by Crippen LogP contribution is -2.09. The van der Waals surface area contributed by atoms with E-state index in [0.717, 1.165) is 28.3 Å². The number of ether oxygens (including phenoxy) is 2. The number of nitrogens with two attached hydrogens (primary N) is 1. The smallest absolute Gasteiger partial charge is 0.122 e. The second-order valence-corrected chi connectivity index (χ2v) is 4.98. The van der Waals surface area contributed by atoms with Gasteiger partial charge in [-0.2, -0.15) is 0 Å².